The molecule has 1 aliphatic heterocycles. The fraction of sp³-hybridized carbons (Fsp3) is 1.00. The van der Waals surface area contributed by atoms with Gasteiger partial charge in [0.05, 0.1) is 6.61 Å². The third-order valence-corrected chi connectivity index (χ3v) is 4.01. The van der Waals surface area contributed by atoms with Gasteiger partial charge in [0.1, 0.15) is 18.3 Å². The van der Waals surface area contributed by atoms with Crippen LogP contribution in [0.5, 0.6) is 0 Å². The van der Waals surface area contributed by atoms with E-state index in [4.69, 9.17) is 9.84 Å². The van der Waals surface area contributed by atoms with Crippen molar-refractivity contribution in [3.8, 4) is 0 Å². The fourth-order valence-electron chi connectivity index (χ4n) is 1.86. The minimum Gasteiger partial charge on any atom is -0.394 e. The summed E-state index contributed by atoms with van der Waals surface area (Å²) in [6.45, 7) is 1.30. The van der Waals surface area contributed by atoms with E-state index in [1.165, 1.54) is 0 Å². The Morgan fingerprint density at radius 2 is 1.82 bits per heavy atom. The maximum Gasteiger partial charge on any atom is 0.195 e. The van der Waals surface area contributed by atoms with E-state index in [0.29, 0.717) is 6.42 Å². The van der Waals surface area contributed by atoms with Gasteiger partial charge in [-0.1, -0.05) is 13.3 Å². The highest BCUT2D eigenvalue weighted by atomic mass is 79.9. The number of hydrogen-bond donors (Lipinski definition) is 5. The normalized spacial score (nSPS) is 47.1. The third kappa shape index (κ3) is 2.81. The largest absolute Gasteiger partial charge is 0.394 e. The first-order valence-electron chi connectivity index (χ1n) is 5.58. The van der Waals surface area contributed by atoms with Crippen LogP contribution in [0.3, 0.4) is 0 Å². The van der Waals surface area contributed by atoms with Crippen molar-refractivity contribution >= 4 is 15.9 Å². The molecule has 1 heterocycles. The Morgan fingerprint density at radius 1 is 1.24 bits per heavy atom. The molecule has 0 saturated carbocycles. The van der Waals surface area contributed by atoms with Crippen LogP contribution in [0.2, 0.25) is 0 Å². The second-order valence-electron chi connectivity index (χ2n) is 4.35. The van der Waals surface area contributed by atoms with E-state index in [1.54, 1.807) is 0 Å². The van der Waals surface area contributed by atoms with Crippen molar-refractivity contribution in [1.29, 1.82) is 0 Å². The van der Waals surface area contributed by atoms with Crippen molar-refractivity contribution in [2.24, 2.45) is 0 Å². The summed E-state index contributed by atoms with van der Waals surface area (Å²) in [5.74, 6) is -1.96. The summed E-state index contributed by atoms with van der Waals surface area (Å²) in [7, 11) is 0. The second-order valence-corrected chi connectivity index (χ2v) is 5.63. The van der Waals surface area contributed by atoms with Gasteiger partial charge in [-0.3, -0.25) is 0 Å². The molecule has 17 heavy (non-hydrogen) atoms. The molecule has 0 aromatic rings. The molecule has 0 amide bonds. The van der Waals surface area contributed by atoms with Crippen LogP contribution in [0.1, 0.15) is 26.2 Å². The molecule has 0 spiro atoms. The van der Waals surface area contributed by atoms with E-state index in [9.17, 15) is 20.4 Å². The van der Waals surface area contributed by atoms with Gasteiger partial charge in [0.15, 0.2) is 10.3 Å². The number of rotatable bonds is 4. The number of hydrogen-bond acceptors (Lipinski definition) is 6. The summed E-state index contributed by atoms with van der Waals surface area (Å²) in [6.07, 6.45) is -3.06. The summed E-state index contributed by atoms with van der Waals surface area (Å²) in [4.78, 5) is 0. The highest BCUT2D eigenvalue weighted by molar-refractivity contribution is 9.10. The van der Waals surface area contributed by atoms with Crippen molar-refractivity contribution in [3.63, 3.8) is 0 Å². The van der Waals surface area contributed by atoms with Crippen LogP contribution in [-0.4, -0.2) is 60.7 Å². The van der Waals surface area contributed by atoms with E-state index in [0.717, 1.165) is 6.42 Å². The lowest BCUT2D eigenvalue weighted by Gasteiger charge is -2.49. The van der Waals surface area contributed by atoms with E-state index in [2.05, 4.69) is 15.9 Å². The topological polar surface area (TPSA) is 110 Å². The highest BCUT2D eigenvalue weighted by Gasteiger charge is 2.58. The highest BCUT2D eigenvalue weighted by Crippen LogP contribution is 2.40. The van der Waals surface area contributed by atoms with Gasteiger partial charge in [-0.05, 0) is 22.4 Å². The smallest absolute Gasteiger partial charge is 0.195 e. The molecule has 5 atom stereocenters. The van der Waals surface area contributed by atoms with Crippen LogP contribution in [-0.2, 0) is 4.74 Å². The Kier molecular flexibility index (Phi) is 4.93. The van der Waals surface area contributed by atoms with Crippen molar-refractivity contribution < 1.29 is 30.3 Å². The zero-order valence-electron chi connectivity index (χ0n) is 9.58. The first-order chi connectivity index (χ1) is 7.79. The lowest BCUT2D eigenvalue weighted by Crippen LogP contribution is -2.69. The van der Waals surface area contributed by atoms with Gasteiger partial charge in [0.25, 0.3) is 0 Å². The monoisotopic (exact) mass is 314 g/mol. The Hall–Kier alpha value is 0.240. The molecular weight excluding hydrogens is 296 g/mol. The molecule has 102 valence electrons. The first-order valence-corrected chi connectivity index (χ1v) is 6.37. The predicted molar refractivity (Wildman–Crippen MR) is 62.3 cm³/mol. The summed E-state index contributed by atoms with van der Waals surface area (Å²) >= 11 is 2.79. The van der Waals surface area contributed by atoms with Gasteiger partial charge in [-0.25, -0.2) is 0 Å². The van der Waals surface area contributed by atoms with E-state index >= 15 is 0 Å². The van der Waals surface area contributed by atoms with E-state index in [-0.39, 0.29) is 6.42 Å². The minimum absolute atomic E-state index is 0.112. The van der Waals surface area contributed by atoms with Crippen molar-refractivity contribution in [2.75, 3.05) is 6.61 Å². The van der Waals surface area contributed by atoms with Crippen LogP contribution in [0, 0.1) is 0 Å². The second kappa shape index (κ2) is 5.48. The van der Waals surface area contributed by atoms with Crippen LogP contribution >= 0.6 is 15.9 Å². The molecule has 1 unspecified atom stereocenters. The van der Waals surface area contributed by atoms with Gasteiger partial charge in [0, 0.05) is 6.42 Å². The Labute approximate surface area is 108 Å². The number of aliphatic hydroxyl groups excluding tert-OH is 3. The lowest BCUT2D eigenvalue weighted by molar-refractivity contribution is -0.357. The van der Waals surface area contributed by atoms with Gasteiger partial charge >= 0.3 is 0 Å². The number of aliphatic hydroxyl groups is 5. The minimum atomic E-state index is -1.99. The summed E-state index contributed by atoms with van der Waals surface area (Å²) in [5.41, 5.74) is 0. The van der Waals surface area contributed by atoms with Gasteiger partial charge in [0.2, 0.25) is 0 Å². The number of halogens is 1. The van der Waals surface area contributed by atoms with Crippen molar-refractivity contribution in [3.05, 3.63) is 0 Å². The quantitative estimate of drug-likeness (QED) is 0.428. The molecule has 1 saturated heterocycles. The van der Waals surface area contributed by atoms with Gasteiger partial charge in [-0.15, -0.1) is 0 Å². The molecule has 6 nitrogen and oxygen atoms in total. The van der Waals surface area contributed by atoms with Gasteiger partial charge < -0.3 is 30.3 Å². The first kappa shape index (κ1) is 15.3. The average molecular weight is 315 g/mol. The zero-order chi connectivity index (χ0) is 13.3. The lowest BCUT2D eigenvalue weighted by atomic mass is 9.89. The summed E-state index contributed by atoms with van der Waals surface area (Å²) in [6, 6.07) is 0. The molecule has 0 bridgehead atoms. The molecule has 0 aromatic heterocycles. The molecule has 0 radical (unpaired) electrons. The molecule has 1 aliphatic rings. The molecule has 0 aliphatic carbocycles. The van der Waals surface area contributed by atoms with Crippen LogP contribution in [0.25, 0.3) is 0 Å². The fourth-order valence-corrected chi connectivity index (χ4v) is 2.35. The number of ether oxygens (including phenoxy) is 1. The van der Waals surface area contributed by atoms with Crippen LogP contribution < -0.4 is 0 Å². The Morgan fingerprint density at radius 3 is 2.29 bits per heavy atom. The molecule has 5 N–H and O–H groups in total. The van der Waals surface area contributed by atoms with Crippen LogP contribution in [0.4, 0.5) is 0 Å². The zero-order valence-corrected chi connectivity index (χ0v) is 11.2. The predicted octanol–water partition coefficient (Wildman–Crippen LogP) is -0.938. The third-order valence-electron chi connectivity index (χ3n) is 3.03. The van der Waals surface area contributed by atoms with Gasteiger partial charge in [-0.2, -0.15) is 0 Å². The molecule has 7 heteroatoms. The molecule has 0 aromatic carbocycles. The maximum atomic E-state index is 10.1. The van der Waals surface area contributed by atoms with Crippen molar-refractivity contribution in [1.82, 2.24) is 0 Å². The van der Waals surface area contributed by atoms with Crippen molar-refractivity contribution in [2.45, 2.75) is 54.8 Å². The Bertz CT molecular complexity index is 257. The maximum absolute atomic E-state index is 10.1. The number of unbranched alkanes of at least 4 members (excludes halogenated alkanes) is 1. The Balaban J connectivity index is 2.89. The van der Waals surface area contributed by atoms with Crippen LogP contribution in [0.15, 0.2) is 0 Å². The van der Waals surface area contributed by atoms with E-state index in [1.807, 2.05) is 6.92 Å². The summed E-state index contributed by atoms with van der Waals surface area (Å²) < 4.78 is 3.14. The van der Waals surface area contributed by atoms with E-state index < -0.39 is 35.2 Å². The molecule has 1 rings (SSSR count). The average Bonchev–Trinajstić information content (AvgIpc) is 2.29. The SMILES string of the molecule is CCCCC1(O)O[C@H](CO)[C@](O)(Br)[C@H](O)[C@@H]1O. The standard InChI is InChI=1S/C10H19BrO6/c1-2-3-4-9(15)7(13)8(14)10(11,16)6(5-12)17-9/h6-8,12-16H,2-5H2,1H3/t6-,7+,8-,9?,10-/m1/s1. The molecular formula is C10H19BrO6. The molecule has 1 fully saturated rings. The summed E-state index contributed by atoms with van der Waals surface area (Å²) in [5, 5.41) is 48.5. The number of alkyl halides is 1.